The normalized spacial score (nSPS) is 18.0. The molecule has 32 heavy (non-hydrogen) atoms. The molecule has 2 aromatic rings. The Morgan fingerprint density at radius 2 is 1.97 bits per heavy atom. The van der Waals surface area contributed by atoms with Gasteiger partial charge in [-0.25, -0.2) is 0 Å². The minimum Gasteiger partial charge on any atom is -0.481 e. The maximum absolute atomic E-state index is 11.3. The Labute approximate surface area is 189 Å². The molecule has 4 rings (SSSR count). The van der Waals surface area contributed by atoms with Crippen molar-refractivity contribution in [1.29, 1.82) is 0 Å². The summed E-state index contributed by atoms with van der Waals surface area (Å²) >= 11 is 0. The van der Waals surface area contributed by atoms with Crippen LogP contribution in [0.25, 0.3) is 0 Å². The third-order valence-electron chi connectivity index (χ3n) is 6.29. The third kappa shape index (κ3) is 5.59. The molecule has 0 radical (unpaired) electrons. The average molecular weight is 442 g/mol. The van der Waals surface area contributed by atoms with Gasteiger partial charge in [0.25, 0.3) is 0 Å². The molecular weight excluding hydrogens is 406 g/mol. The monoisotopic (exact) mass is 441 g/mol. The summed E-state index contributed by atoms with van der Waals surface area (Å²) in [5.41, 5.74) is 3.05. The van der Waals surface area contributed by atoms with Gasteiger partial charge in [0.2, 0.25) is 5.95 Å². The molecule has 2 fully saturated rings. The molecule has 2 aliphatic rings. The van der Waals surface area contributed by atoms with Crippen molar-refractivity contribution in [3.63, 3.8) is 0 Å². The van der Waals surface area contributed by atoms with Gasteiger partial charge in [0.1, 0.15) is 5.82 Å². The molecule has 1 atom stereocenters. The first kappa shape index (κ1) is 22.6. The van der Waals surface area contributed by atoms with E-state index in [0.717, 1.165) is 68.2 Å². The highest BCUT2D eigenvalue weighted by molar-refractivity contribution is 5.75. The molecule has 1 aromatic heterocycles. The van der Waals surface area contributed by atoms with E-state index in [1.165, 1.54) is 0 Å². The number of aromatic nitrogens is 3. The Hall–Kier alpha value is -2.61. The second-order valence-electron chi connectivity index (χ2n) is 9.62. The number of carboxylic acids is 1. The van der Waals surface area contributed by atoms with Crippen molar-refractivity contribution >= 4 is 23.3 Å². The zero-order chi connectivity index (χ0) is 22.7. The molecule has 3 N–H and O–H groups in total. The van der Waals surface area contributed by atoms with E-state index in [2.05, 4.69) is 57.4 Å². The zero-order valence-electron chi connectivity index (χ0n) is 19.3. The molecule has 1 aliphatic carbocycles. The Bertz CT molecular complexity index is 918. The Kier molecular flexibility index (Phi) is 6.98. The van der Waals surface area contributed by atoms with Gasteiger partial charge >= 0.3 is 5.97 Å². The number of anilines is 3. The zero-order valence-corrected chi connectivity index (χ0v) is 19.3. The number of carboxylic acid groups (broad SMARTS) is 1. The number of rotatable bonds is 10. The molecule has 1 aliphatic heterocycles. The van der Waals surface area contributed by atoms with Gasteiger partial charge in [-0.05, 0) is 55.2 Å². The first-order valence-electron chi connectivity index (χ1n) is 11.8. The maximum Gasteiger partial charge on any atom is 0.303 e. The van der Waals surface area contributed by atoms with Gasteiger partial charge in [-0.3, -0.25) is 4.79 Å². The van der Waals surface area contributed by atoms with Gasteiger partial charge in [0.05, 0.1) is 17.8 Å². The van der Waals surface area contributed by atoms with Gasteiger partial charge < -0.3 is 25.0 Å². The highest BCUT2D eigenvalue weighted by Gasteiger charge is 2.28. The molecule has 1 saturated carbocycles. The van der Waals surface area contributed by atoms with Gasteiger partial charge in [-0.2, -0.15) is 0 Å². The molecule has 1 aromatic carbocycles. The van der Waals surface area contributed by atoms with Crippen LogP contribution in [0.2, 0.25) is 0 Å². The lowest BCUT2D eigenvalue weighted by Gasteiger charge is -2.38. The van der Waals surface area contributed by atoms with Gasteiger partial charge in [-0.15, -0.1) is 10.2 Å². The first-order chi connectivity index (χ1) is 15.4. The minimum atomic E-state index is -0.788. The van der Waals surface area contributed by atoms with Crippen LogP contribution in [0.15, 0.2) is 18.2 Å². The largest absolute Gasteiger partial charge is 0.481 e. The fourth-order valence-electron chi connectivity index (χ4n) is 4.42. The average Bonchev–Trinajstić information content (AvgIpc) is 3.51. The smallest absolute Gasteiger partial charge is 0.303 e. The Morgan fingerprint density at radius 1 is 1.22 bits per heavy atom. The van der Waals surface area contributed by atoms with Crippen molar-refractivity contribution in [3.8, 4) is 0 Å². The van der Waals surface area contributed by atoms with E-state index >= 15 is 0 Å². The van der Waals surface area contributed by atoms with Crippen LogP contribution < -0.4 is 10.2 Å². The highest BCUT2D eigenvalue weighted by atomic mass is 16.5. The standard InChI is InChI=1S/C24H35N5O3/c1-15(2)14-29(19-8-10-32-11-9-19)21-7-6-18(16(3)12-22(30)31)13-20(21)25-24-26-23(27-28-24)17-4-5-17/h6-7,13,15-17,19H,4-5,8-12,14H2,1-3H3,(H,30,31)(H2,25,26,27,28)/t16-/m1/s1. The molecule has 0 spiro atoms. The molecule has 8 heteroatoms. The summed E-state index contributed by atoms with van der Waals surface area (Å²) in [5, 5.41) is 21.4. The lowest BCUT2D eigenvalue weighted by molar-refractivity contribution is -0.137. The van der Waals surface area contributed by atoms with Crippen LogP contribution in [0, 0.1) is 5.92 Å². The lowest BCUT2D eigenvalue weighted by atomic mass is 9.95. The second kappa shape index (κ2) is 9.90. The molecule has 0 amide bonds. The number of benzene rings is 1. The molecule has 2 heterocycles. The number of aliphatic carboxylic acids is 1. The summed E-state index contributed by atoms with van der Waals surface area (Å²) in [5.74, 6) is 1.70. The summed E-state index contributed by atoms with van der Waals surface area (Å²) in [6.45, 7) is 8.93. The van der Waals surface area contributed by atoms with Crippen LogP contribution in [0.1, 0.15) is 76.1 Å². The number of hydrogen-bond acceptors (Lipinski definition) is 6. The molecule has 174 valence electrons. The van der Waals surface area contributed by atoms with Crippen molar-refractivity contribution < 1.29 is 14.6 Å². The Morgan fingerprint density at radius 3 is 2.62 bits per heavy atom. The van der Waals surface area contributed by atoms with Gasteiger partial charge in [-0.1, -0.05) is 26.8 Å². The van der Waals surface area contributed by atoms with Crippen molar-refractivity contribution in [2.75, 3.05) is 30.0 Å². The molecule has 0 bridgehead atoms. The maximum atomic E-state index is 11.3. The Balaban J connectivity index is 1.68. The van der Waals surface area contributed by atoms with Crippen LogP contribution in [-0.4, -0.2) is 52.1 Å². The second-order valence-corrected chi connectivity index (χ2v) is 9.62. The fourth-order valence-corrected chi connectivity index (χ4v) is 4.42. The summed E-state index contributed by atoms with van der Waals surface area (Å²) in [4.78, 5) is 17.1. The van der Waals surface area contributed by atoms with E-state index in [0.29, 0.717) is 23.8 Å². The number of carbonyl (C=O) groups is 1. The van der Waals surface area contributed by atoms with Gasteiger partial charge in [0, 0.05) is 31.7 Å². The third-order valence-corrected chi connectivity index (χ3v) is 6.29. The first-order valence-corrected chi connectivity index (χ1v) is 11.8. The summed E-state index contributed by atoms with van der Waals surface area (Å²) in [6.07, 6.45) is 4.42. The van der Waals surface area contributed by atoms with Crippen molar-refractivity contribution in [2.24, 2.45) is 5.92 Å². The number of aromatic amines is 1. The van der Waals surface area contributed by atoms with E-state index < -0.39 is 5.97 Å². The number of nitrogens with zero attached hydrogens (tertiary/aromatic N) is 3. The van der Waals surface area contributed by atoms with E-state index in [9.17, 15) is 9.90 Å². The predicted molar refractivity (Wildman–Crippen MR) is 125 cm³/mol. The minimum absolute atomic E-state index is 0.0829. The van der Waals surface area contributed by atoms with Crippen molar-refractivity contribution in [3.05, 3.63) is 29.6 Å². The molecule has 8 nitrogen and oxygen atoms in total. The molecular formula is C24H35N5O3. The number of nitrogens with one attached hydrogen (secondary N) is 2. The fraction of sp³-hybridized carbons (Fsp3) is 0.625. The molecule has 0 unspecified atom stereocenters. The summed E-state index contributed by atoms with van der Waals surface area (Å²) in [7, 11) is 0. The van der Waals surface area contributed by atoms with E-state index in [-0.39, 0.29) is 12.3 Å². The van der Waals surface area contributed by atoms with Crippen LogP contribution >= 0.6 is 0 Å². The van der Waals surface area contributed by atoms with Crippen molar-refractivity contribution in [1.82, 2.24) is 15.2 Å². The van der Waals surface area contributed by atoms with E-state index in [1.807, 2.05) is 6.92 Å². The highest BCUT2D eigenvalue weighted by Crippen LogP contribution is 2.39. The van der Waals surface area contributed by atoms with Crippen LogP contribution in [-0.2, 0) is 9.53 Å². The van der Waals surface area contributed by atoms with E-state index in [4.69, 9.17) is 4.74 Å². The van der Waals surface area contributed by atoms with E-state index in [1.54, 1.807) is 0 Å². The van der Waals surface area contributed by atoms with Gasteiger partial charge in [0.15, 0.2) is 0 Å². The lowest BCUT2D eigenvalue weighted by Crippen LogP contribution is -2.42. The number of hydrogen-bond donors (Lipinski definition) is 3. The summed E-state index contributed by atoms with van der Waals surface area (Å²) < 4.78 is 5.61. The topological polar surface area (TPSA) is 103 Å². The number of H-pyrrole nitrogens is 1. The SMILES string of the molecule is CC(C)CN(c1ccc([C@H](C)CC(=O)O)cc1Nc1nnc(C2CC2)[nH]1)C1CCOCC1. The van der Waals surface area contributed by atoms with Crippen LogP contribution in [0.3, 0.4) is 0 Å². The predicted octanol–water partition coefficient (Wildman–Crippen LogP) is 4.65. The van der Waals surface area contributed by atoms with Crippen LogP contribution in [0.5, 0.6) is 0 Å². The summed E-state index contributed by atoms with van der Waals surface area (Å²) in [6, 6.07) is 6.68. The molecule has 1 saturated heterocycles. The number of ether oxygens (including phenoxy) is 1. The van der Waals surface area contributed by atoms with Crippen molar-refractivity contribution in [2.45, 2.75) is 70.8 Å². The quantitative estimate of drug-likeness (QED) is 0.493. The van der Waals surface area contributed by atoms with Crippen LogP contribution in [0.4, 0.5) is 17.3 Å².